The Labute approximate surface area is 119 Å². The van der Waals surface area contributed by atoms with Gasteiger partial charge in [-0.15, -0.1) is 0 Å². The van der Waals surface area contributed by atoms with Crippen molar-refractivity contribution in [1.82, 2.24) is 0 Å². The molecule has 1 N–H and O–H groups in total. The summed E-state index contributed by atoms with van der Waals surface area (Å²) in [5.41, 5.74) is 2.35. The first kappa shape index (κ1) is 15.9. The van der Waals surface area contributed by atoms with E-state index in [4.69, 9.17) is 9.84 Å². The third-order valence-electron chi connectivity index (χ3n) is 2.82. The number of carboxylic acid groups (broad SMARTS) is 1. The van der Waals surface area contributed by atoms with Gasteiger partial charge in [0.05, 0.1) is 12.5 Å². The van der Waals surface area contributed by atoms with Gasteiger partial charge in [0, 0.05) is 5.75 Å². The summed E-state index contributed by atoms with van der Waals surface area (Å²) in [6.45, 7) is 6.51. The van der Waals surface area contributed by atoms with Crippen LogP contribution in [0.2, 0.25) is 0 Å². The van der Waals surface area contributed by atoms with Crippen molar-refractivity contribution in [3.63, 3.8) is 0 Å². The van der Waals surface area contributed by atoms with Gasteiger partial charge in [-0.2, -0.15) is 11.8 Å². The van der Waals surface area contributed by atoms with Crippen LogP contribution in [0.5, 0.6) is 5.75 Å². The fraction of sp³-hybridized carbons (Fsp3) is 0.533. The maximum absolute atomic E-state index is 10.6. The smallest absolute Gasteiger partial charge is 0.307 e. The van der Waals surface area contributed by atoms with Gasteiger partial charge in [-0.05, 0) is 43.2 Å². The number of benzene rings is 1. The van der Waals surface area contributed by atoms with Gasteiger partial charge in [0.2, 0.25) is 0 Å². The van der Waals surface area contributed by atoms with E-state index in [1.54, 1.807) is 18.7 Å². The average molecular weight is 282 g/mol. The summed E-state index contributed by atoms with van der Waals surface area (Å²) < 4.78 is 5.74. The van der Waals surface area contributed by atoms with Gasteiger partial charge >= 0.3 is 5.97 Å². The molecular weight excluding hydrogens is 260 g/mol. The quantitative estimate of drug-likeness (QED) is 0.741. The average Bonchev–Trinajstić information content (AvgIpc) is 2.37. The molecule has 0 aliphatic rings. The second-order valence-electron chi connectivity index (χ2n) is 4.79. The zero-order chi connectivity index (χ0) is 14.3. The lowest BCUT2D eigenvalue weighted by molar-refractivity contribution is -0.140. The lowest BCUT2D eigenvalue weighted by Gasteiger charge is -2.10. The van der Waals surface area contributed by atoms with E-state index in [-0.39, 0.29) is 5.92 Å². The largest absolute Gasteiger partial charge is 0.493 e. The summed E-state index contributed by atoms with van der Waals surface area (Å²) >= 11 is 1.67. The van der Waals surface area contributed by atoms with Crippen LogP contribution in [0.3, 0.4) is 0 Å². The molecule has 0 fully saturated rings. The van der Waals surface area contributed by atoms with Crippen molar-refractivity contribution in [3.8, 4) is 5.75 Å². The number of aryl methyl sites for hydroxylation is 2. The first-order chi connectivity index (χ1) is 9.00. The molecule has 1 rings (SSSR count). The maximum Gasteiger partial charge on any atom is 0.307 e. The van der Waals surface area contributed by atoms with Crippen molar-refractivity contribution in [3.05, 3.63) is 29.3 Å². The fourth-order valence-corrected chi connectivity index (χ4v) is 2.52. The molecule has 0 saturated carbocycles. The number of rotatable bonds is 8. The van der Waals surface area contributed by atoms with Gasteiger partial charge in [-0.1, -0.05) is 19.1 Å². The maximum atomic E-state index is 10.6. The van der Waals surface area contributed by atoms with E-state index in [9.17, 15) is 4.79 Å². The molecule has 19 heavy (non-hydrogen) atoms. The van der Waals surface area contributed by atoms with Gasteiger partial charge in [0.1, 0.15) is 5.75 Å². The van der Waals surface area contributed by atoms with Gasteiger partial charge in [0.15, 0.2) is 0 Å². The number of thioether (sulfide) groups is 1. The molecule has 0 aliphatic carbocycles. The molecule has 0 amide bonds. The summed E-state index contributed by atoms with van der Waals surface area (Å²) in [6, 6.07) is 6.19. The number of hydrogen-bond acceptors (Lipinski definition) is 3. The molecule has 0 radical (unpaired) electrons. The molecular formula is C15H22O3S. The third kappa shape index (κ3) is 6.01. The van der Waals surface area contributed by atoms with Crippen molar-refractivity contribution in [2.45, 2.75) is 27.2 Å². The summed E-state index contributed by atoms with van der Waals surface area (Å²) in [7, 11) is 0. The van der Waals surface area contributed by atoms with E-state index in [1.165, 1.54) is 5.56 Å². The molecule has 3 nitrogen and oxygen atoms in total. The molecule has 4 heteroatoms. The zero-order valence-electron chi connectivity index (χ0n) is 11.8. The van der Waals surface area contributed by atoms with Crippen LogP contribution in [0.4, 0.5) is 0 Å². The first-order valence-electron chi connectivity index (χ1n) is 6.51. The molecule has 0 saturated heterocycles. The molecule has 1 unspecified atom stereocenters. The van der Waals surface area contributed by atoms with Gasteiger partial charge < -0.3 is 9.84 Å². The zero-order valence-corrected chi connectivity index (χ0v) is 12.6. The van der Waals surface area contributed by atoms with Crippen LogP contribution in [0, 0.1) is 19.8 Å². The monoisotopic (exact) mass is 282 g/mol. The van der Waals surface area contributed by atoms with Gasteiger partial charge in [-0.25, -0.2) is 0 Å². The van der Waals surface area contributed by atoms with Crippen LogP contribution >= 0.6 is 11.8 Å². The minimum atomic E-state index is -0.723. The minimum Gasteiger partial charge on any atom is -0.493 e. The third-order valence-corrected chi connectivity index (χ3v) is 4.14. The second kappa shape index (κ2) is 8.10. The van der Waals surface area contributed by atoms with Gasteiger partial charge in [-0.3, -0.25) is 4.79 Å². The van der Waals surface area contributed by atoms with E-state index in [0.29, 0.717) is 12.4 Å². The fourth-order valence-electron chi connectivity index (χ4n) is 1.54. The van der Waals surface area contributed by atoms with Crippen molar-refractivity contribution >= 4 is 17.7 Å². The summed E-state index contributed by atoms with van der Waals surface area (Å²) in [5, 5.41) is 8.75. The van der Waals surface area contributed by atoms with Crippen molar-refractivity contribution in [1.29, 1.82) is 0 Å². The number of aliphatic carboxylic acids is 1. The summed E-state index contributed by atoms with van der Waals surface area (Å²) in [6.07, 6.45) is 0.935. The number of ether oxygens (including phenoxy) is 1. The molecule has 0 spiro atoms. The molecule has 0 aromatic heterocycles. The standard InChI is InChI=1S/C15H22O3S/c1-11-5-6-12(2)14(9-11)18-7-4-8-19-10-13(3)15(16)17/h5-6,9,13H,4,7-8,10H2,1-3H3,(H,16,17). The Hall–Kier alpha value is -1.16. The molecule has 0 heterocycles. The topological polar surface area (TPSA) is 46.5 Å². The van der Waals surface area contributed by atoms with E-state index in [0.717, 1.165) is 23.5 Å². The van der Waals surface area contributed by atoms with Crippen LogP contribution in [-0.4, -0.2) is 29.2 Å². The van der Waals surface area contributed by atoms with E-state index >= 15 is 0 Å². The summed E-state index contributed by atoms with van der Waals surface area (Å²) in [5.74, 6) is 1.55. The Kier molecular flexibility index (Phi) is 6.78. The predicted octanol–water partition coefficient (Wildman–Crippen LogP) is 3.53. The lowest BCUT2D eigenvalue weighted by Crippen LogP contribution is -2.12. The highest BCUT2D eigenvalue weighted by Crippen LogP contribution is 2.19. The van der Waals surface area contributed by atoms with E-state index < -0.39 is 5.97 Å². The second-order valence-corrected chi connectivity index (χ2v) is 5.93. The Morgan fingerprint density at radius 3 is 2.84 bits per heavy atom. The highest BCUT2D eigenvalue weighted by molar-refractivity contribution is 7.99. The van der Waals surface area contributed by atoms with Crippen molar-refractivity contribution < 1.29 is 14.6 Å². The van der Waals surface area contributed by atoms with Crippen LogP contribution in [0.15, 0.2) is 18.2 Å². The lowest BCUT2D eigenvalue weighted by atomic mass is 10.1. The van der Waals surface area contributed by atoms with Gasteiger partial charge in [0.25, 0.3) is 0 Å². The number of carboxylic acids is 1. The molecule has 106 valence electrons. The SMILES string of the molecule is Cc1ccc(C)c(OCCCSCC(C)C(=O)O)c1. The minimum absolute atomic E-state index is 0.273. The highest BCUT2D eigenvalue weighted by Gasteiger charge is 2.09. The van der Waals surface area contributed by atoms with E-state index in [2.05, 4.69) is 25.1 Å². The molecule has 0 bridgehead atoms. The number of carbonyl (C=O) groups is 1. The Morgan fingerprint density at radius 2 is 2.16 bits per heavy atom. The molecule has 1 aromatic rings. The summed E-state index contributed by atoms with van der Waals surface area (Å²) in [4.78, 5) is 10.6. The molecule has 0 aliphatic heterocycles. The number of hydrogen-bond donors (Lipinski definition) is 1. The van der Waals surface area contributed by atoms with Crippen molar-refractivity contribution in [2.24, 2.45) is 5.92 Å². The Bertz CT molecular complexity index is 418. The Balaban J connectivity index is 2.17. The van der Waals surface area contributed by atoms with Crippen LogP contribution in [0.25, 0.3) is 0 Å². The van der Waals surface area contributed by atoms with Crippen LogP contribution in [-0.2, 0) is 4.79 Å². The van der Waals surface area contributed by atoms with Crippen LogP contribution < -0.4 is 4.74 Å². The normalized spacial score (nSPS) is 12.2. The molecule has 1 atom stereocenters. The van der Waals surface area contributed by atoms with Crippen molar-refractivity contribution in [2.75, 3.05) is 18.1 Å². The predicted molar refractivity (Wildman–Crippen MR) is 80.2 cm³/mol. The Morgan fingerprint density at radius 1 is 1.42 bits per heavy atom. The van der Waals surface area contributed by atoms with Crippen LogP contribution in [0.1, 0.15) is 24.5 Å². The first-order valence-corrected chi connectivity index (χ1v) is 7.66. The highest BCUT2D eigenvalue weighted by atomic mass is 32.2. The molecule has 1 aromatic carbocycles. The van der Waals surface area contributed by atoms with E-state index in [1.807, 2.05) is 6.92 Å².